The molecule has 1 aromatic heterocycles. The van der Waals surface area contributed by atoms with Crippen LogP contribution in [-0.2, 0) is 9.84 Å². The van der Waals surface area contributed by atoms with Crippen LogP contribution in [0.5, 0.6) is 0 Å². The van der Waals surface area contributed by atoms with E-state index in [0.717, 1.165) is 20.1 Å². The predicted molar refractivity (Wildman–Crippen MR) is 76.2 cm³/mol. The summed E-state index contributed by atoms with van der Waals surface area (Å²) in [5, 5.41) is 2.96. The van der Waals surface area contributed by atoms with Crippen molar-refractivity contribution >= 4 is 47.2 Å². The Morgan fingerprint density at radius 3 is 2.82 bits per heavy atom. The van der Waals surface area contributed by atoms with E-state index in [1.807, 2.05) is 23.6 Å². The van der Waals surface area contributed by atoms with Crippen LogP contribution in [0.15, 0.2) is 28.1 Å². The molecule has 0 radical (unpaired) electrons. The SMILES string of the molecule is CS(=O)(=O)CC(N)c1csc2c(Br)cccc12. The summed E-state index contributed by atoms with van der Waals surface area (Å²) in [7, 11) is -3.06. The highest BCUT2D eigenvalue weighted by Gasteiger charge is 2.17. The Hall–Kier alpha value is -0.430. The largest absolute Gasteiger partial charge is 0.323 e. The van der Waals surface area contributed by atoms with Gasteiger partial charge < -0.3 is 5.73 Å². The third-order valence-corrected chi connectivity index (χ3v) is 5.40. The van der Waals surface area contributed by atoms with E-state index in [1.165, 1.54) is 6.26 Å². The van der Waals surface area contributed by atoms with Crippen molar-refractivity contribution in [2.75, 3.05) is 12.0 Å². The molecule has 0 bridgehead atoms. The minimum Gasteiger partial charge on any atom is -0.323 e. The molecule has 92 valence electrons. The van der Waals surface area contributed by atoms with E-state index in [-0.39, 0.29) is 5.75 Å². The van der Waals surface area contributed by atoms with E-state index in [4.69, 9.17) is 5.73 Å². The van der Waals surface area contributed by atoms with Crippen LogP contribution < -0.4 is 5.73 Å². The maximum absolute atomic E-state index is 11.3. The van der Waals surface area contributed by atoms with Gasteiger partial charge in [-0.2, -0.15) is 0 Å². The zero-order valence-corrected chi connectivity index (χ0v) is 12.4. The molecule has 0 saturated heterocycles. The average molecular weight is 334 g/mol. The molecule has 6 heteroatoms. The van der Waals surface area contributed by atoms with Gasteiger partial charge in [-0.15, -0.1) is 11.3 Å². The standard InChI is InChI=1S/C11H12BrNO2S2/c1-17(14,15)6-10(13)8-5-16-11-7(8)3-2-4-9(11)12/h2-5,10H,6,13H2,1H3. The van der Waals surface area contributed by atoms with Crippen molar-refractivity contribution in [1.29, 1.82) is 0 Å². The topological polar surface area (TPSA) is 60.2 Å². The van der Waals surface area contributed by atoms with E-state index in [0.29, 0.717) is 0 Å². The van der Waals surface area contributed by atoms with Crippen LogP contribution in [0, 0.1) is 0 Å². The van der Waals surface area contributed by atoms with Crippen molar-refractivity contribution in [3.63, 3.8) is 0 Å². The monoisotopic (exact) mass is 333 g/mol. The number of thiophene rings is 1. The van der Waals surface area contributed by atoms with Gasteiger partial charge in [-0.1, -0.05) is 12.1 Å². The number of fused-ring (bicyclic) bond motifs is 1. The van der Waals surface area contributed by atoms with Crippen molar-refractivity contribution in [2.45, 2.75) is 6.04 Å². The Labute approximate surface area is 113 Å². The zero-order chi connectivity index (χ0) is 12.6. The highest BCUT2D eigenvalue weighted by molar-refractivity contribution is 9.10. The summed E-state index contributed by atoms with van der Waals surface area (Å²) >= 11 is 5.05. The first-order valence-corrected chi connectivity index (χ1v) is 8.71. The van der Waals surface area contributed by atoms with Crippen LogP contribution >= 0.6 is 27.3 Å². The van der Waals surface area contributed by atoms with Gasteiger partial charge in [-0.3, -0.25) is 0 Å². The predicted octanol–water partition coefficient (Wildman–Crippen LogP) is 2.71. The molecule has 1 unspecified atom stereocenters. The smallest absolute Gasteiger partial charge is 0.149 e. The van der Waals surface area contributed by atoms with Gasteiger partial charge in [-0.05, 0) is 38.3 Å². The molecule has 1 heterocycles. The number of benzene rings is 1. The summed E-state index contributed by atoms with van der Waals surface area (Å²) < 4.78 is 24.6. The Kier molecular flexibility index (Phi) is 3.58. The third-order valence-electron chi connectivity index (χ3n) is 2.46. The maximum atomic E-state index is 11.3. The fraction of sp³-hybridized carbons (Fsp3) is 0.273. The van der Waals surface area contributed by atoms with Gasteiger partial charge in [0.15, 0.2) is 0 Å². The van der Waals surface area contributed by atoms with Gasteiger partial charge in [0.05, 0.1) is 5.75 Å². The van der Waals surface area contributed by atoms with E-state index < -0.39 is 15.9 Å². The molecule has 2 aromatic rings. The second-order valence-corrected chi connectivity index (χ2v) is 7.93. The quantitative estimate of drug-likeness (QED) is 0.939. The molecule has 17 heavy (non-hydrogen) atoms. The lowest BCUT2D eigenvalue weighted by molar-refractivity contribution is 0.595. The van der Waals surface area contributed by atoms with Crippen LogP contribution in [0.2, 0.25) is 0 Å². The fourth-order valence-corrected chi connectivity index (χ4v) is 4.26. The highest BCUT2D eigenvalue weighted by atomic mass is 79.9. The van der Waals surface area contributed by atoms with E-state index in [9.17, 15) is 8.42 Å². The first-order valence-electron chi connectivity index (χ1n) is 4.97. The molecular formula is C11H12BrNO2S2. The highest BCUT2D eigenvalue weighted by Crippen LogP contribution is 2.34. The number of rotatable bonds is 3. The minimum absolute atomic E-state index is 0.0225. The summed E-state index contributed by atoms with van der Waals surface area (Å²) in [6.07, 6.45) is 1.21. The summed E-state index contributed by atoms with van der Waals surface area (Å²) in [6.45, 7) is 0. The van der Waals surface area contributed by atoms with Crippen LogP contribution in [0.4, 0.5) is 0 Å². The van der Waals surface area contributed by atoms with Gasteiger partial charge in [0.25, 0.3) is 0 Å². The first-order chi connectivity index (χ1) is 7.88. The lowest BCUT2D eigenvalue weighted by Gasteiger charge is -2.09. The Morgan fingerprint density at radius 2 is 2.18 bits per heavy atom. The molecule has 0 spiro atoms. The molecule has 0 amide bonds. The van der Waals surface area contributed by atoms with Crippen LogP contribution in [0.3, 0.4) is 0 Å². The molecule has 0 aliphatic rings. The summed E-state index contributed by atoms with van der Waals surface area (Å²) in [5.41, 5.74) is 6.85. The van der Waals surface area contributed by atoms with Gasteiger partial charge in [0, 0.05) is 21.5 Å². The zero-order valence-electron chi connectivity index (χ0n) is 9.18. The fourth-order valence-electron chi connectivity index (χ4n) is 1.74. The molecule has 2 rings (SSSR count). The van der Waals surface area contributed by atoms with Gasteiger partial charge in [0.1, 0.15) is 9.84 Å². The lowest BCUT2D eigenvalue weighted by Crippen LogP contribution is -2.20. The minimum atomic E-state index is -3.06. The van der Waals surface area contributed by atoms with Crippen LogP contribution in [0.1, 0.15) is 11.6 Å². The second kappa shape index (κ2) is 4.68. The first kappa shape index (κ1) is 13.0. The molecule has 0 fully saturated rings. The van der Waals surface area contributed by atoms with E-state index in [1.54, 1.807) is 11.3 Å². The van der Waals surface area contributed by atoms with Crippen molar-refractivity contribution in [3.8, 4) is 0 Å². The summed E-state index contributed by atoms with van der Waals surface area (Å²) in [6, 6.07) is 5.39. The molecule has 0 aliphatic carbocycles. The third kappa shape index (κ3) is 2.88. The second-order valence-electron chi connectivity index (χ2n) is 4.01. The van der Waals surface area contributed by atoms with Gasteiger partial charge in [0.2, 0.25) is 0 Å². The van der Waals surface area contributed by atoms with Gasteiger partial charge >= 0.3 is 0 Å². The molecule has 2 N–H and O–H groups in total. The van der Waals surface area contributed by atoms with E-state index >= 15 is 0 Å². The average Bonchev–Trinajstić information content (AvgIpc) is 2.60. The molecule has 1 aromatic carbocycles. The van der Waals surface area contributed by atoms with Crippen LogP contribution in [0.25, 0.3) is 10.1 Å². The maximum Gasteiger partial charge on any atom is 0.149 e. The molecule has 0 aliphatic heterocycles. The molecule has 0 saturated carbocycles. The van der Waals surface area contributed by atoms with Gasteiger partial charge in [-0.25, -0.2) is 8.42 Å². The number of nitrogens with two attached hydrogens (primary N) is 1. The molecule has 3 nitrogen and oxygen atoms in total. The summed E-state index contributed by atoms with van der Waals surface area (Å²) in [5.74, 6) is -0.0225. The number of hydrogen-bond donors (Lipinski definition) is 1. The van der Waals surface area contributed by atoms with E-state index in [2.05, 4.69) is 15.9 Å². The lowest BCUT2D eigenvalue weighted by atomic mass is 10.1. The Bertz CT molecular complexity index is 649. The summed E-state index contributed by atoms with van der Waals surface area (Å²) in [4.78, 5) is 0. The van der Waals surface area contributed by atoms with Crippen molar-refractivity contribution in [1.82, 2.24) is 0 Å². The Balaban J connectivity index is 2.46. The number of hydrogen-bond acceptors (Lipinski definition) is 4. The van der Waals surface area contributed by atoms with Crippen molar-refractivity contribution < 1.29 is 8.42 Å². The van der Waals surface area contributed by atoms with Crippen LogP contribution in [-0.4, -0.2) is 20.4 Å². The Morgan fingerprint density at radius 1 is 1.47 bits per heavy atom. The number of sulfone groups is 1. The van der Waals surface area contributed by atoms with Crippen molar-refractivity contribution in [3.05, 3.63) is 33.6 Å². The molecular weight excluding hydrogens is 322 g/mol. The molecule has 1 atom stereocenters. The number of halogens is 1. The van der Waals surface area contributed by atoms with Crippen molar-refractivity contribution in [2.24, 2.45) is 5.73 Å². The normalized spacial score (nSPS) is 14.1.